The molecule has 120 valence electrons. The second kappa shape index (κ2) is 6.21. The molecule has 3 nitrogen and oxygen atoms in total. The van der Waals surface area contributed by atoms with E-state index in [2.05, 4.69) is 28.1 Å². The summed E-state index contributed by atoms with van der Waals surface area (Å²) in [6.45, 7) is 1.81. The van der Waals surface area contributed by atoms with E-state index in [1.165, 1.54) is 22.4 Å². The van der Waals surface area contributed by atoms with Crippen LogP contribution in [0.5, 0.6) is 0 Å². The maximum atomic E-state index is 13.0. The molecule has 1 saturated heterocycles. The molecule has 1 atom stereocenters. The molecule has 2 aromatic carbocycles. The van der Waals surface area contributed by atoms with Gasteiger partial charge in [-0.2, -0.15) is 4.39 Å². The third kappa shape index (κ3) is 2.63. The predicted octanol–water partition coefficient (Wildman–Crippen LogP) is 3.94. The molecule has 2 heterocycles. The zero-order valence-corrected chi connectivity index (χ0v) is 13.3. The summed E-state index contributed by atoms with van der Waals surface area (Å²) in [5.41, 5.74) is 13.0. The van der Waals surface area contributed by atoms with Gasteiger partial charge in [0.2, 0.25) is 5.95 Å². The van der Waals surface area contributed by atoms with Crippen molar-refractivity contribution in [1.29, 1.82) is 0 Å². The number of fused-ring (bicyclic) bond motifs is 1. The fourth-order valence-electron chi connectivity index (χ4n) is 3.75. The van der Waals surface area contributed by atoms with Crippen LogP contribution in [0.15, 0.2) is 54.7 Å². The van der Waals surface area contributed by atoms with Crippen molar-refractivity contribution in [2.24, 2.45) is 0 Å². The van der Waals surface area contributed by atoms with Crippen molar-refractivity contribution in [1.82, 2.24) is 10.7 Å². The molecule has 0 bridgehead atoms. The Hall–Kier alpha value is -2.46. The maximum absolute atomic E-state index is 13.0. The van der Waals surface area contributed by atoms with Crippen molar-refractivity contribution in [3.8, 4) is 0 Å². The van der Waals surface area contributed by atoms with Crippen LogP contribution in [0.3, 0.4) is 0 Å². The van der Waals surface area contributed by atoms with E-state index in [0.29, 0.717) is 5.92 Å². The van der Waals surface area contributed by atoms with Crippen LogP contribution in [0.2, 0.25) is 0 Å². The Balaban J connectivity index is 1.70. The van der Waals surface area contributed by atoms with Gasteiger partial charge in [-0.3, -0.25) is 0 Å². The molecule has 0 unspecified atom stereocenters. The lowest BCUT2D eigenvalue weighted by atomic mass is 9.88. The van der Waals surface area contributed by atoms with E-state index >= 15 is 0 Å². The highest BCUT2D eigenvalue weighted by Gasteiger charge is 2.27. The molecule has 0 spiro atoms. The van der Waals surface area contributed by atoms with Gasteiger partial charge in [0.15, 0.2) is 0 Å². The quantitative estimate of drug-likeness (QED) is 0.686. The Morgan fingerprint density at radius 2 is 2.00 bits per heavy atom. The Morgan fingerprint density at radius 3 is 2.79 bits per heavy atom. The molecule has 1 aliphatic rings. The number of anilines is 1. The van der Waals surface area contributed by atoms with Gasteiger partial charge in [0, 0.05) is 19.0 Å². The summed E-state index contributed by atoms with van der Waals surface area (Å²) in [6.07, 6.45) is 2.60. The van der Waals surface area contributed by atoms with Gasteiger partial charge in [-0.05, 0) is 40.5 Å². The summed E-state index contributed by atoms with van der Waals surface area (Å²) in [5.74, 6) is -0.102. The minimum absolute atomic E-state index is 0.0504. The summed E-state index contributed by atoms with van der Waals surface area (Å²) in [5, 5.41) is 2.42. The first-order chi connectivity index (χ1) is 11.8. The standard InChI is InChI=1S/C20H18FN3/c21-19-8-7-17(12-23-19)24-10-9-16(13-24)20-15(11-22)6-5-14-3-1-2-4-18(14)20/h1-8,12,16H,9-11,13H2/t16-/m1/s1. The number of pyridine rings is 1. The summed E-state index contributed by atoms with van der Waals surface area (Å²) >= 11 is 0. The van der Waals surface area contributed by atoms with Crippen LogP contribution in [0, 0.1) is 5.95 Å². The lowest BCUT2D eigenvalue weighted by Gasteiger charge is -2.20. The minimum Gasteiger partial charge on any atom is -0.370 e. The predicted molar refractivity (Wildman–Crippen MR) is 93.6 cm³/mol. The number of hydrogen-bond acceptors (Lipinski definition) is 2. The van der Waals surface area contributed by atoms with Gasteiger partial charge in [0.25, 0.3) is 0 Å². The molecule has 1 aliphatic heterocycles. The van der Waals surface area contributed by atoms with E-state index in [1.807, 2.05) is 18.2 Å². The molecule has 0 amide bonds. The van der Waals surface area contributed by atoms with Crippen molar-refractivity contribution >= 4 is 16.5 Å². The first-order valence-corrected chi connectivity index (χ1v) is 8.24. The fourth-order valence-corrected chi connectivity index (χ4v) is 3.75. The summed E-state index contributed by atoms with van der Waals surface area (Å²) in [7, 11) is 0. The number of rotatable bonds is 3. The first kappa shape index (κ1) is 15.1. The average Bonchev–Trinajstić information content (AvgIpc) is 3.11. The average molecular weight is 319 g/mol. The van der Waals surface area contributed by atoms with Crippen LogP contribution < -0.4 is 10.6 Å². The Morgan fingerprint density at radius 1 is 1.12 bits per heavy atom. The van der Waals surface area contributed by atoms with Crippen LogP contribution in [-0.2, 0) is 6.54 Å². The molecule has 2 radical (unpaired) electrons. The van der Waals surface area contributed by atoms with E-state index in [4.69, 9.17) is 0 Å². The second-order valence-corrected chi connectivity index (χ2v) is 6.29. The molecule has 0 N–H and O–H groups in total. The third-order valence-electron chi connectivity index (χ3n) is 4.90. The molecular weight excluding hydrogens is 301 g/mol. The Bertz CT molecular complexity index is 860. The smallest absolute Gasteiger partial charge is 0.212 e. The fraction of sp³-hybridized carbons (Fsp3) is 0.250. The molecule has 1 aromatic heterocycles. The summed E-state index contributed by atoms with van der Waals surface area (Å²) < 4.78 is 13.0. The number of aromatic nitrogens is 1. The molecule has 24 heavy (non-hydrogen) atoms. The highest BCUT2D eigenvalue weighted by molar-refractivity contribution is 5.87. The third-order valence-corrected chi connectivity index (χ3v) is 4.90. The monoisotopic (exact) mass is 319 g/mol. The lowest BCUT2D eigenvalue weighted by Crippen LogP contribution is -2.19. The van der Waals surface area contributed by atoms with Gasteiger partial charge in [0.1, 0.15) is 0 Å². The van der Waals surface area contributed by atoms with Gasteiger partial charge in [0.05, 0.1) is 18.4 Å². The van der Waals surface area contributed by atoms with Crippen molar-refractivity contribution in [3.63, 3.8) is 0 Å². The van der Waals surface area contributed by atoms with Crippen LogP contribution in [0.1, 0.15) is 23.5 Å². The summed E-state index contributed by atoms with van der Waals surface area (Å²) in [4.78, 5) is 5.99. The molecule has 3 aromatic rings. The lowest BCUT2D eigenvalue weighted by molar-refractivity contribution is 0.583. The topological polar surface area (TPSA) is 38.4 Å². The SMILES string of the molecule is [N]Cc1ccc2ccccc2c1[C@@H]1CCN(c2ccc(F)nc2)C1. The number of nitrogens with zero attached hydrogens (tertiary/aromatic N) is 3. The van der Waals surface area contributed by atoms with Gasteiger partial charge >= 0.3 is 0 Å². The Kier molecular flexibility index (Phi) is 3.90. The van der Waals surface area contributed by atoms with E-state index < -0.39 is 5.95 Å². The summed E-state index contributed by atoms with van der Waals surface area (Å²) in [6, 6.07) is 15.6. The van der Waals surface area contributed by atoms with Crippen molar-refractivity contribution < 1.29 is 4.39 Å². The van der Waals surface area contributed by atoms with E-state index in [-0.39, 0.29) is 6.54 Å². The van der Waals surface area contributed by atoms with Crippen molar-refractivity contribution in [3.05, 3.63) is 71.8 Å². The van der Waals surface area contributed by atoms with Crippen LogP contribution in [0.25, 0.3) is 10.8 Å². The number of hydrogen-bond donors (Lipinski definition) is 0. The minimum atomic E-state index is -0.453. The number of benzene rings is 2. The number of halogens is 1. The van der Waals surface area contributed by atoms with Crippen LogP contribution in [-0.4, -0.2) is 18.1 Å². The largest absolute Gasteiger partial charge is 0.370 e. The zero-order valence-electron chi connectivity index (χ0n) is 13.3. The van der Waals surface area contributed by atoms with Crippen molar-refractivity contribution in [2.45, 2.75) is 18.9 Å². The normalized spacial score (nSPS) is 17.6. The molecule has 4 rings (SSSR count). The van der Waals surface area contributed by atoms with Gasteiger partial charge < -0.3 is 4.90 Å². The molecular formula is C20H18FN3. The van der Waals surface area contributed by atoms with Gasteiger partial charge in [-0.25, -0.2) is 4.98 Å². The maximum Gasteiger partial charge on any atom is 0.212 e. The molecule has 1 fully saturated rings. The van der Waals surface area contributed by atoms with E-state index in [0.717, 1.165) is 30.8 Å². The molecule has 0 aliphatic carbocycles. The van der Waals surface area contributed by atoms with Gasteiger partial charge in [-0.15, -0.1) is 5.73 Å². The first-order valence-electron chi connectivity index (χ1n) is 8.24. The second-order valence-electron chi connectivity index (χ2n) is 6.29. The molecule has 0 saturated carbocycles. The van der Waals surface area contributed by atoms with E-state index in [9.17, 15) is 10.1 Å². The Labute approximate surface area is 140 Å². The van der Waals surface area contributed by atoms with Gasteiger partial charge in [-0.1, -0.05) is 36.4 Å². The zero-order chi connectivity index (χ0) is 16.5. The highest BCUT2D eigenvalue weighted by atomic mass is 19.1. The molecule has 4 heteroatoms. The highest BCUT2D eigenvalue weighted by Crippen LogP contribution is 2.36. The van der Waals surface area contributed by atoms with Crippen LogP contribution in [0.4, 0.5) is 10.1 Å². The van der Waals surface area contributed by atoms with Crippen molar-refractivity contribution in [2.75, 3.05) is 18.0 Å². The van der Waals surface area contributed by atoms with E-state index in [1.54, 1.807) is 12.3 Å². The van der Waals surface area contributed by atoms with Crippen LogP contribution >= 0.6 is 0 Å².